The molecule has 5 rings (SSSR count). The molecule has 0 bridgehead atoms. The van der Waals surface area contributed by atoms with Crippen molar-refractivity contribution in [2.45, 2.75) is 45.2 Å². The standard InChI is InChI=1S/C25H27N5O6/c1-13(2)30-20(32)16(19(31)26-23(30)35)11-14-7-8-17-15(10-14)12-25(18-6-5-9-29(17)18)21(33)27(3)24(36)28(4)22(25)34/h7-8,10-11,13,18H,5-6,9,12H2,1-4H3,(H,26,31,35)/b16-11+/t18-/m1/s1. The van der Waals surface area contributed by atoms with E-state index < -0.39 is 47.1 Å². The lowest BCUT2D eigenvalue weighted by molar-refractivity contribution is -0.159. The molecule has 1 N–H and O–H groups in total. The lowest BCUT2D eigenvalue weighted by atomic mass is 9.68. The van der Waals surface area contributed by atoms with Crippen molar-refractivity contribution in [3.8, 4) is 0 Å². The van der Waals surface area contributed by atoms with Gasteiger partial charge in [-0.25, -0.2) is 9.59 Å². The van der Waals surface area contributed by atoms with Crippen molar-refractivity contribution < 1.29 is 28.8 Å². The normalized spacial score (nSPS) is 24.8. The zero-order valence-corrected chi connectivity index (χ0v) is 20.5. The maximum absolute atomic E-state index is 13.5. The van der Waals surface area contributed by atoms with E-state index in [1.807, 2.05) is 6.07 Å². The highest BCUT2D eigenvalue weighted by Gasteiger charge is 2.63. The van der Waals surface area contributed by atoms with E-state index in [-0.39, 0.29) is 18.0 Å². The summed E-state index contributed by atoms with van der Waals surface area (Å²) in [5, 5.41) is 2.19. The van der Waals surface area contributed by atoms with Crippen molar-refractivity contribution in [2.75, 3.05) is 25.5 Å². The van der Waals surface area contributed by atoms with Crippen molar-refractivity contribution in [1.82, 2.24) is 20.0 Å². The number of barbiturate groups is 2. The second-order valence-corrected chi connectivity index (χ2v) is 9.98. The van der Waals surface area contributed by atoms with E-state index in [4.69, 9.17) is 0 Å². The van der Waals surface area contributed by atoms with Gasteiger partial charge in [0.1, 0.15) is 5.57 Å². The van der Waals surface area contributed by atoms with Crippen LogP contribution in [-0.2, 0) is 25.6 Å². The molecule has 11 nitrogen and oxygen atoms in total. The first-order chi connectivity index (χ1) is 17.0. The minimum atomic E-state index is -1.44. The monoisotopic (exact) mass is 493 g/mol. The van der Waals surface area contributed by atoms with Crippen molar-refractivity contribution in [1.29, 1.82) is 0 Å². The number of hydrogen-bond donors (Lipinski definition) is 1. The van der Waals surface area contributed by atoms with E-state index in [2.05, 4.69) is 10.2 Å². The van der Waals surface area contributed by atoms with Gasteiger partial charge in [0.15, 0.2) is 5.41 Å². The smallest absolute Gasteiger partial charge is 0.332 e. The Morgan fingerprint density at radius 3 is 2.33 bits per heavy atom. The van der Waals surface area contributed by atoms with Crippen molar-refractivity contribution in [2.24, 2.45) is 5.41 Å². The van der Waals surface area contributed by atoms with Gasteiger partial charge < -0.3 is 4.90 Å². The fourth-order valence-corrected chi connectivity index (χ4v) is 5.93. The van der Waals surface area contributed by atoms with Gasteiger partial charge in [0.25, 0.3) is 11.8 Å². The number of fused-ring (bicyclic) bond motifs is 4. The Bertz CT molecular complexity index is 1260. The Labute approximate surface area is 207 Å². The highest BCUT2D eigenvalue weighted by atomic mass is 16.2. The second kappa shape index (κ2) is 8.00. The zero-order chi connectivity index (χ0) is 26.1. The van der Waals surface area contributed by atoms with Crippen LogP contribution >= 0.6 is 0 Å². The van der Waals surface area contributed by atoms with Gasteiger partial charge in [-0.05, 0) is 62.4 Å². The number of nitrogens with zero attached hydrogens (tertiary/aromatic N) is 4. The van der Waals surface area contributed by atoms with E-state index in [1.165, 1.54) is 20.2 Å². The summed E-state index contributed by atoms with van der Waals surface area (Å²) in [4.78, 5) is 82.0. The van der Waals surface area contributed by atoms with E-state index in [1.54, 1.807) is 26.0 Å². The number of nitrogens with one attached hydrogen (secondary N) is 1. The molecule has 8 amide bonds. The molecule has 4 aliphatic heterocycles. The van der Waals surface area contributed by atoms with Crippen LogP contribution in [0.5, 0.6) is 0 Å². The molecule has 0 saturated carbocycles. The molecule has 188 valence electrons. The number of hydrogen-bond acceptors (Lipinski definition) is 7. The molecule has 11 heteroatoms. The predicted octanol–water partition coefficient (Wildman–Crippen LogP) is 1.12. The Morgan fingerprint density at radius 1 is 1.03 bits per heavy atom. The van der Waals surface area contributed by atoms with Crippen LogP contribution in [0.15, 0.2) is 23.8 Å². The Kier molecular flexibility index (Phi) is 5.27. The number of carbonyl (C=O) groups excluding carboxylic acids is 6. The molecule has 1 aromatic rings. The summed E-state index contributed by atoms with van der Waals surface area (Å²) in [6.45, 7) is 4.01. The summed E-state index contributed by atoms with van der Waals surface area (Å²) < 4.78 is 0. The molecule has 36 heavy (non-hydrogen) atoms. The highest BCUT2D eigenvalue weighted by Crippen LogP contribution is 2.49. The summed E-state index contributed by atoms with van der Waals surface area (Å²) in [5.74, 6) is -2.51. The first-order valence-electron chi connectivity index (χ1n) is 11.9. The molecule has 4 heterocycles. The molecule has 0 aliphatic carbocycles. The minimum absolute atomic E-state index is 0.0941. The SMILES string of the molecule is CC(C)N1C(=O)NC(=O)/C(=C\c2ccc3c(c2)CC2(C(=O)N(C)C(=O)N(C)C2=O)[C@H]2CCCN32)C1=O. The average Bonchev–Trinajstić information content (AvgIpc) is 3.33. The maximum Gasteiger partial charge on any atom is 0.332 e. The van der Waals surface area contributed by atoms with Crippen LogP contribution in [0.4, 0.5) is 15.3 Å². The Hall–Kier alpha value is -4.02. The summed E-state index contributed by atoms with van der Waals surface area (Å²) in [7, 11) is 2.78. The number of imide groups is 4. The van der Waals surface area contributed by atoms with Gasteiger partial charge in [0.05, 0.1) is 6.04 Å². The summed E-state index contributed by atoms with van der Waals surface area (Å²) in [6.07, 6.45) is 2.95. The molecule has 3 saturated heterocycles. The van der Waals surface area contributed by atoms with Gasteiger partial charge in [0, 0.05) is 32.4 Å². The second-order valence-electron chi connectivity index (χ2n) is 9.98. The number of benzene rings is 1. The van der Waals surface area contributed by atoms with E-state index in [0.717, 1.165) is 26.8 Å². The fourth-order valence-electron chi connectivity index (χ4n) is 5.93. The lowest BCUT2D eigenvalue weighted by Crippen LogP contribution is -2.70. The minimum Gasteiger partial charge on any atom is -0.367 e. The van der Waals surface area contributed by atoms with Crippen molar-refractivity contribution >= 4 is 47.5 Å². The summed E-state index contributed by atoms with van der Waals surface area (Å²) in [6, 6.07) is 3.15. The number of rotatable bonds is 2. The molecule has 0 radical (unpaired) electrons. The maximum atomic E-state index is 13.5. The molecule has 1 atom stereocenters. The molecule has 1 spiro atoms. The van der Waals surface area contributed by atoms with E-state index >= 15 is 0 Å². The van der Waals surface area contributed by atoms with Crippen molar-refractivity contribution in [3.63, 3.8) is 0 Å². The van der Waals surface area contributed by atoms with Crippen molar-refractivity contribution in [3.05, 3.63) is 34.9 Å². The molecule has 0 unspecified atom stereocenters. The third-order valence-electron chi connectivity index (χ3n) is 7.61. The molecular weight excluding hydrogens is 466 g/mol. The van der Waals surface area contributed by atoms with Gasteiger partial charge in [-0.2, -0.15) is 0 Å². The fraction of sp³-hybridized carbons (Fsp3) is 0.440. The third kappa shape index (κ3) is 3.11. The number of anilines is 1. The topological polar surface area (TPSA) is 127 Å². The molecule has 1 aromatic carbocycles. The van der Waals surface area contributed by atoms with Crippen LogP contribution in [-0.4, -0.2) is 83.1 Å². The number of urea groups is 2. The van der Waals surface area contributed by atoms with Crippen LogP contribution in [0, 0.1) is 5.41 Å². The molecule has 3 fully saturated rings. The predicted molar refractivity (Wildman–Crippen MR) is 127 cm³/mol. The summed E-state index contributed by atoms with van der Waals surface area (Å²) in [5.41, 5.74) is 0.493. The lowest BCUT2D eigenvalue weighted by Gasteiger charge is -2.50. The van der Waals surface area contributed by atoms with Crippen LogP contribution in [0.25, 0.3) is 6.08 Å². The van der Waals surface area contributed by atoms with E-state index in [9.17, 15) is 28.8 Å². The van der Waals surface area contributed by atoms with Gasteiger partial charge in [-0.1, -0.05) is 6.07 Å². The largest absolute Gasteiger partial charge is 0.367 e. The quantitative estimate of drug-likeness (QED) is 0.372. The van der Waals surface area contributed by atoms with Crippen LogP contribution < -0.4 is 10.2 Å². The Morgan fingerprint density at radius 2 is 1.69 bits per heavy atom. The average molecular weight is 494 g/mol. The summed E-state index contributed by atoms with van der Waals surface area (Å²) >= 11 is 0. The number of carbonyl (C=O) groups is 6. The first-order valence-corrected chi connectivity index (χ1v) is 11.9. The van der Waals surface area contributed by atoms with Gasteiger partial charge >= 0.3 is 12.1 Å². The van der Waals surface area contributed by atoms with Gasteiger partial charge in [-0.15, -0.1) is 0 Å². The molecule has 4 aliphatic rings. The first kappa shape index (κ1) is 23.7. The van der Waals surface area contributed by atoms with Crippen LogP contribution in [0.3, 0.4) is 0 Å². The Balaban J connectivity index is 1.59. The molecular formula is C25H27N5O6. The highest BCUT2D eigenvalue weighted by molar-refractivity contribution is 6.31. The zero-order valence-electron chi connectivity index (χ0n) is 20.5. The van der Waals surface area contributed by atoms with Gasteiger partial charge in [-0.3, -0.25) is 39.2 Å². The van der Waals surface area contributed by atoms with Gasteiger partial charge in [0.2, 0.25) is 11.8 Å². The van der Waals surface area contributed by atoms with Crippen LogP contribution in [0.1, 0.15) is 37.8 Å². The molecule has 0 aromatic heterocycles. The van der Waals surface area contributed by atoms with Crippen LogP contribution in [0.2, 0.25) is 0 Å². The van der Waals surface area contributed by atoms with E-state index in [0.29, 0.717) is 24.1 Å². The number of amides is 8. The third-order valence-corrected chi connectivity index (χ3v) is 7.61.